The summed E-state index contributed by atoms with van der Waals surface area (Å²) in [6, 6.07) is -5.31. The number of urea groups is 1. The molecule has 13 unspecified atom stereocenters. The van der Waals surface area contributed by atoms with Gasteiger partial charge in [0, 0.05) is 31.3 Å². The van der Waals surface area contributed by atoms with E-state index in [0.717, 1.165) is 19.6 Å². The first-order chi connectivity index (χ1) is 35.1. The lowest BCUT2D eigenvalue weighted by Gasteiger charge is -2.50. The average molecular weight is 1090 g/mol. The zero-order valence-corrected chi connectivity index (χ0v) is 40.8. The number of nitrogens with one attached hydrogen (secondary N) is 6. The Morgan fingerprint density at radius 3 is 1.77 bits per heavy atom. The predicted molar refractivity (Wildman–Crippen MR) is 241 cm³/mol. The highest BCUT2D eigenvalue weighted by molar-refractivity contribution is 8.00. The van der Waals surface area contributed by atoms with E-state index < -0.39 is 191 Å². The molecule has 24 atom stereocenters. The lowest BCUT2D eigenvalue weighted by Crippen LogP contribution is -2.71. The second-order valence-corrected chi connectivity index (χ2v) is 20.0. The van der Waals surface area contributed by atoms with Gasteiger partial charge in [-0.25, -0.2) is 9.59 Å². The fourth-order valence-electron chi connectivity index (χ4n) is 9.64. The number of thioether (sulfide) groups is 1. The Kier molecular flexibility index (Phi) is 21.3. The number of aliphatic hydroxyl groups excluding tert-OH is 11. The number of aliphatic carboxylic acids is 1. The van der Waals surface area contributed by atoms with Crippen molar-refractivity contribution in [2.75, 3.05) is 32.2 Å². The number of ether oxygens (including phenoxy) is 7. The number of hydrogen-bond donors (Lipinski definition) is 18. The van der Waals surface area contributed by atoms with E-state index in [0.29, 0.717) is 19.3 Å². The number of rotatable bonds is 22. The number of carboxylic acids is 1. The van der Waals surface area contributed by atoms with Gasteiger partial charge in [-0.15, -0.1) is 0 Å². The number of unbranched alkanes of at least 4 members (excludes halogenated alkanes) is 1. The van der Waals surface area contributed by atoms with Crippen LogP contribution < -0.4 is 31.9 Å². The molecule has 0 saturated carbocycles. The highest BCUT2D eigenvalue weighted by Gasteiger charge is 2.56. The van der Waals surface area contributed by atoms with E-state index in [1.54, 1.807) is 11.8 Å². The minimum Gasteiger partial charge on any atom is -0.480 e. The SMILES string of the molecule is CC(=O)NC1[C@H](O[C@H]2C(CO)O[C@@H](NC(=O)CC(NC(=O)CCCCC3SCC4NC(=O)NC43)C(=O)O)C(NC(C)=O)[C@H]2O)OC(CO)[C@H](O[C@@H]2OC(CO)[C@H](O)[C@H](O[C@@H]3OC(CO)[C@H](O)C(O)C3O)C2O)[C@@H]1O. The van der Waals surface area contributed by atoms with Crippen LogP contribution in [0.5, 0.6) is 0 Å². The number of hydrogen-bond acceptors (Lipinski definition) is 25. The molecule has 0 aromatic carbocycles. The van der Waals surface area contributed by atoms with Gasteiger partial charge >= 0.3 is 12.0 Å². The van der Waals surface area contributed by atoms with Gasteiger partial charge in [-0.3, -0.25) is 19.2 Å². The van der Waals surface area contributed by atoms with Crippen molar-refractivity contribution in [3.63, 3.8) is 0 Å². The smallest absolute Gasteiger partial charge is 0.326 e. The van der Waals surface area contributed by atoms with E-state index in [2.05, 4.69) is 31.9 Å². The van der Waals surface area contributed by atoms with Crippen molar-refractivity contribution in [1.82, 2.24) is 31.9 Å². The van der Waals surface area contributed by atoms with Crippen molar-refractivity contribution in [1.29, 1.82) is 0 Å². The molecule has 6 aliphatic heterocycles. The molecule has 0 aromatic heterocycles. The monoisotopic (exact) mass is 1090 g/mol. The number of fused-ring (bicyclic) bond motifs is 1. The van der Waals surface area contributed by atoms with Gasteiger partial charge in [-0.05, 0) is 12.8 Å². The van der Waals surface area contributed by atoms with Gasteiger partial charge in [0.25, 0.3) is 0 Å². The van der Waals surface area contributed by atoms with Crippen LogP contribution in [0.2, 0.25) is 0 Å². The average Bonchev–Trinajstić information content (AvgIpc) is 3.91. The second-order valence-electron chi connectivity index (χ2n) is 18.7. The van der Waals surface area contributed by atoms with Crippen LogP contribution in [0.15, 0.2) is 0 Å². The van der Waals surface area contributed by atoms with E-state index in [1.165, 1.54) is 0 Å². The van der Waals surface area contributed by atoms with Crippen LogP contribution in [0, 0.1) is 0 Å². The Labute approximate surface area is 425 Å². The molecule has 18 N–H and O–H groups in total. The minimum absolute atomic E-state index is 0.0266. The lowest BCUT2D eigenvalue weighted by atomic mass is 9.93. The molecule has 0 radical (unpaired) electrons. The number of aliphatic hydroxyl groups is 11. The van der Waals surface area contributed by atoms with Crippen LogP contribution in [0.3, 0.4) is 0 Å². The molecule has 0 bridgehead atoms. The highest BCUT2D eigenvalue weighted by atomic mass is 32.2. The Morgan fingerprint density at radius 2 is 1.16 bits per heavy atom. The third-order valence-electron chi connectivity index (χ3n) is 13.4. The van der Waals surface area contributed by atoms with Crippen molar-refractivity contribution in [3.05, 3.63) is 0 Å². The fourth-order valence-corrected chi connectivity index (χ4v) is 11.2. The topological polar surface area (TPSA) is 482 Å². The van der Waals surface area contributed by atoms with Gasteiger partial charge in [-0.2, -0.15) is 11.8 Å². The van der Waals surface area contributed by atoms with Crippen molar-refractivity contribution in [3.8, 4) is 0 Å². The standard InChI is InChI=1S/C42H68N6O25S/c1-13(53)43-25-29(59)34(19(10-51)67-37(25)47-23(56)7-15(38(64)65)45-22(55)6-4-3-5-21-24-16(12-74-21)46-42(66)48-24)71-39-26(44-14(2)54)30(60)35(20(11-52)70-39)72-41-33(63)36(28(58)18(9-50)69-41)73-40-32(62)31(61)27(57)17(8-49)68-40/h15-21,24-37,39-41,49-52,57-63H,3-12H2,1-2H3,(H,43,53)(H,44,54)(H,45,55)(H,47,56)(H,64,65)(H2,46,48,66)/t15?,16?,17?,18?,19?,20?,21?,24?,25?,26?,27-,28-,29+,30+,31?,32?,33?,34-,35-,36-,37+,39-,40-,41-/m0/s1. The molecule has 32 heteroatoms. The maximum absolute atomic E-state index is 13.4. The summed E-state index contributed by atoms with van der Waals surface area (Å²) < 4.78 is 40.2. The summed E-state index contributed by atoms with van der Waals surface area (Å²) in [5, 5.41) is 143. The van der Waals surface area contributed by atoms with Crippen LogP contribution in [-0.4, -0.2) is 275 Å². The van der Waals surface area contributed by atoms with Crippen LogP contribution in [0.4, 0.5) is 4.79 Å². The maximum Gasteiger partial charge on any atom is 0.326 e. The first-order valence-corrected chi connectivity index (χ1v) is 25.0. The second kappa shape index (κ2) is 26.5. The van der Waals surface area contributed by atoms with Crippen molar-refractivity contribution >= 4 is 47.4 Å². The fraction of sp³-hybridized carbons (Fsp3) is 0.857. The van der Waals surface area contributed by atoms with Crippen LogP contribution in [-0.2, 0) is 57.1 Å². The third-order valence-corrected chi connectivity index (χ3v) is 15.0. The number of carboxylic acid groups (broad SMARTS) is 1. The summed E-state index contributed by atoms with van der Waals surface area (Å²) in [6.07, 6.45) is -32.3. The zero-order chi connectivity index (χ0) is 54.3. The van der Waals surface area contributed by atoms with Crippen molar-refractivity contribution in [2.24, 2.45) is 0 Å². The minimum atomic E-state index is -2.11. The van der Waals surface area contributed by atoms with Crippen molar-refractivity contribution in [2.45, 2.75) is 192 Å². The number of carbonyl (C=O) groups excluding carboxylic acids is 5. The van der Waals surface area contributed by atoms with Gasteiger partial charge in [0.2, 0.25) is 23.6 Å². The summed E-state index contributed by atoms with van der Waals surface area (Å²) in [6.45, 7) is -1.72. The van der Waals surface area contributed by atoms with Crippen LogP contribution in [0.25, 0.3) is 0 Å². The third kappa shape index (κ3) is 14.0. The first-order valence-electron chi connectivity index (χ1n) is 23.9. The Bertz CT molecular complexity index is 1940. The van der Waals surface area contributed by atoms with E-state index in [4.69, 9.17) is 33.2 Å². The highest BCUT2D eigenvalue weighted by Crippen LogP contribution is 2.36. The summed E-state index contributed by atoms with van der Waals surface area (Å²) in [7, 11) is 0. The normalized spacial score (nSPS) is 41.5. The summed E-state index contributed by atoms with van der Waals surface area (Å²) in [5.74, 6) is -4.10. The Balaban J connectivity index is 1.10. The molecule has 0 aromatic rings. The summed E-state index contributed by atoms with van der Waals surface area (Å²) in [4.78, 5) is 75.0. The van der Waals surface area contributed by atoms with Crippen LogP contribution in [0.1, 0.15) is 46.0 Å². The van der Waals surface area contributed by atoms with Gasteiger partial charge in [0.1, 0.15) is 104 Å². The summed E-state index contributed by atoms with van der Waals surface area (Å²) >= 11 is 1.70. The molecule has 74 heavy (non-hydrogen) atoms. The zero-order valence-electron chi connectivity index (χ0n) is 40.0. The van der Waals surface area contributed by atoms with Gasteiger partial charge in [0.05, 0.1) is 44.9 Å². The maximum atomic E-state index is 13.4. The van der Waals surface area contributed by atoms with Crippen LogP contribution >= 0.6 is 11.8 Å². The largest absolute Gasteiger partial charge is 0.480 e. The lowest BCUT2D eigenvalue weighted by molar-refractivity contribution is -0.379. The molecule has 422 valence electrons. The number of carbonyl (C=O) groups is 6. The van der Waals surface area contributed by atoms with E-state index >= 15 is 0 Å². The number of amides is 6. The van der Waals surface area contributed by atoms with Gasteiger partial charge in [-0.1, -0.05) is 6.42 Å². The van der Waals surface area contributed by atoms with E-state index in [9.17, 15) is 90.0 Å². The van der Waals surface area contributed by atoms with Crippen molar-refractivity contribution < 1.29 is 123 Å². The Morgan fingerprint density at radius 1 is 0.622 bits per heavy atom. The van der Waals surface area contributed by atoms with Gasteiger partial charge < -0.3 is 126 Å². The summed E-state index contributed by atoms with van der Waals surface area (Å²) in [5.41, 5.74) is 0. The van der Waals surface area contributed by atoms with E-state index in [1.807, 2.05) is 0 Å². The molecular weight excluding hydrogens is 1020 g/mol. The molecule has 6 saturated heterocycles. The quantitative estimate of drug-likeness (QED) is 0.0354. The first kappa shape index (κ1) is 59.5. The molecular formula is C42H68N6O25S. The van der Waals surface area contributed by atoms with E-state index in [-0.39, 0.29) is 29.8 Å². The molecule has 6 amide bonds. The molecule has 6 fully saturated rings. The molecule has 0 spiro atoms. The predicted octanol–water partition coefficient (Wildman–Crippen LogP) is -9.65. The van der Waals surface area contributed by atoms with Gasteiger partial charge in [0.15, 0.2) is 25.1 Å². The molecule has 0 aliphatic carbocycles. The molecule has 6 rings (SSSR count). The Hall–Kier alpha value is -3.75. The molecule has 6 aliphatic rings. The molecule has 31 nitrogen and oxygen atoms in total. The molecule has 6 heterocycles.